The molecule has 0 saturated carbocycles. The third kappa shape index (κ3) is 1.62. The van der Waals surface area contributed by atoms with Crippen LogP contribution < -0.4 is 5.73 Å². The highest BCUT2D eigenvalue weighted by molar-refractivity contribution is 5.46. The van der Waals surface area contributed by atoms with Crippen LogP contribution in [0.2, 0.25) is 0 Å². The lowest BCUT2D eigenvalue weighted by Crippen LogP contribution is -2.04. The number of benzene rings is 1. The second-order valence-corrected chi connectivity index (χ2v) is 2.44. The van der Waals surface area contributed by atoms with E-state index in [4.69, 9.17) is 5.73 Å². The molecule has 3 nitrogen and oxygen atoms in total. The van der Waals surface area contributed by atoms with Crippen molar-refractivity contribution in [3.63, 3.8) is 0 Å². The molecule has 0 bridgehead atoms. The molecule has 3 heteroatoms. The van der Waals surface area contributed by atoms with Gasteiger partial charge in [0.25, 0.3) is 0 Å². The highest BCUT2D eigenvalue weighted by atomic mass is 16.3. The van der Waals surface area contributed by atoms with E-state index < -0.39 is 0 Å². The zero-order valence-corrected chi connectivity index (χ0v) is 6.32. The Hall–Kier alpha value is -1.22. The van der Waals surface area contributed by atoms with Gasteiger partial charge in [0.1, 0.15) is 5.69 Å². The molecule has 1 aromatic carbocycles. The van der Waals surface area contributed by atoms with Gasteiger partial charge in [-0.05, 0) is 23.7 Å². The Labute approximate surface area is 65.2 Å². The summed E-state index contributed by atoms with van der Waals surface area (Å²) in [4.78, 5) is 10.2. The summed E-state index contributed by atoms with van der Waals surface area (Å²) in [7, 11) is 0. The molecule has 2 N–H and O–H groups in total. The van der Waals surface area contributed by atoms with E-state index in [0.717, 1.165) is 5.56 Å². The summed E-state index contributed by atoms with van der Waals surface area (Å²) in [6, 6.07) is 6.94. The van der Waals surface area contributed by atoms with Crippen molar-refractivity contribution >= 4 is 5.69 Å². The maximum atomic E-state index is 10.2. The lowest BCUT2D eigenvalue weighted by atomic mass is 10.1. The Kier molecular flexibility index (Phi) is 2.33. The van der Waals surface area contributed by atoms with Crippen LogP contribution in [0.3, 0.4) is 0 Å². The minimum Gasteiger partial charge on any atom is -0.324 e. The Bertz CT molecular complexity index is 258. The summed E-state index contributed by atoms with van der Waals surface area (Å²) in [5.41, 5.74) is 6.82. The molecule has 1 atom stereocenters. The van der Waals surface area contributed by atoms with Crippen molar-refractivity contribution in [2.75, 3.05) is 0 Å². The predicted molar refractivity (Wildman–Crippen MR) is 44.5 cm³/mol. The molecule has 0 amide bonds. The van der Waals surface area contributed by atoms with Crippen LogP contribution >= 0.6 is 0 Å². The molecule has 0 aliphatic carbocycles. The van der Waals surface area contributed by atoms with Crippen molar-refractivity contribution in [3.8, 4) is 0 Å². The molecular formula is C8H10N2O. The van der Waals surface area contributed by atoms with Crippen molar-refractivity contribution in [1.82, 2.24) is 0 Å². The quantitative estimate of drug-likeness (QED) is 0.656. The van der Waals surface area contributed by atoms with Gasteiger partial charge in [0.2, 0.25) is 0 Å². The molecule has 0 radical (unpaired) electrons. The van der Waals surface area contributed by atoms with Crippen LogP contribution in [0.25, 0.3) is 0 Å². The third-order valence-corrected chi connectivity index (χ3v) is 1.53. The van der Waals surface area contributed by atoms with Crippen LogP contribution in [-0.2, 0) is 0 Å². The van der Waals surface area contributed by atoms with Gasteiger partial charge in [0, 0.05) is 6.04 Å². The predicted octanol–water partition coefficient (Wildman–Crippen LogP) is 2.10. The SMILES string of the molecule is CC(N)c1ccccc1N=O. The maximum absolute atomic E-state index is 10.2. The second-order valence-electron chi connectivity index (χ2n) is 2.44. The van der Waals surface area contributed by atoms with Crippen molar-refractivity contribution < 1.29 is 0 Å². The normalized spacial score (nSPS) is 12.5. The lowest BCUT2D eigenvalue weighted by Gasteiger charge is -2.05. The number of nitrogens with two attached hydrogens (primary N) is 1. The third-order valence-electron chi connectivity index (χ3n) is 1.53. The van der Waals surface area contributed by atoms with Crippen LogP contribution in [0.1, 0.15) is 18.5 Å². The van der Waals surface area contributed by atoms with Gasteiger partial charge < -0.3 is 5.73 Å². The first kappa shape index (κ1) is 7.88. The lowest BCUT2D eigenvalue weighted by molar-refractivity contribution is 0.818. The molecule has 0 spiro atoms. The highest BCUT2D eigenvalue weighted by Crippen LogP contribution is 2.22. The van der Waals surface area contributed by atoms with Gasteiger partial charge >= 0.3 is 0 Å². The molecule has 11 heavy (non-hydrogen) atoms. The van der Waals surface area contributed by atoms with Gasteiger partial charge in [-0.15, -0.1) is 4.91 Å². The van der Waals surface area contributed by atoms with E-state index in [9.17, 15) is 4.91 Å². The number of hydrogen-bond donors (Lipinski definition) is 1. The molecule has 0 fully saturated rings. The molecule has 58 valence electrons. The largest absolute Gasteiger partial charge is 0.324 e. The van der Waals surface area contributed by atoms with Crippen molar-refractivity contribution in [1.29, 1.82) is 0 Å². The topological polar surface area (TPSA) is 55.4 Å². The fraction of sp³-hybridized carbons (Fsp3) is 0.250. The van der Waals surface area contributed by atoms with Crippen LogP contribution in [0.4, 0.5) is 5.69 Å². The minimum absolute atomic E-state index is 0.135. The van der Waals surface area contributed by atoms with Gasteiger partial charge in [-0.2, -0.15) is 0 Å². The molecule has 0 aliphatic rings. The first-order chi connectivity index (χ1) is 5.25. The summed E-state index contributed by atoms with van der Waals surface area (Å²) in [6.45, 7) is 1.82. The van der Waals surface area contributed by atoms with E-state index in [1.165, 1.54) is 0 Å². The monoisotopic (exact) mass is 150 g/mol. The van der Waals surface area contributed by atoms with E-state index in [1.54, 1.807) is 18.2 Å². The zero-order chi connectivity index (χ0) is 8.27. The molecule has 1 unspecified atom stereocenters. The van der Waals surface area contributed by atoms with Gasteiger partial charge in [0.05, 0.1) is 0 Å². The van der Waals surface area contributed by atoms with E-state index in [0.29, 0.717) is 5.69 Å². The van der Waals surface area contributed by atoms with Crippen molar-refractivity contribution in [2.45, 2.75) is 13.0 Å². The maximum Gasteiger partial charge on any atom is 0.112 e. The van der Waals surface area contributed by atoms with E-state index in [2.05, 4.69) is 5.18 Å². The molecular weight excluding hydrogens is 140 g/mol. The summed E-state index contributed by atoms with van der Waals surface area (Å²) in [6.07, 6.45) is 0. The average Bonchev–Trinajstić information content (AvgIpc) is 2.04. The zero-order valence-electron chi connectivity index (χ0n) is 6.32. The Balaban J connectivity index is 3.12. The summed E-state index contributed by atoms with van der Waals surface area (Å²) in [5, 5.41) is 2.86. The standard InChI is InChI=1S/C8H10N2O/c1-6(9)7-4-2-3-5-8(7)10-11/h2-6H,9H2,1H3. The molecule has 0 aliphatic heterocycles. The van der Waals surface area contributed by atoms with Crippen LogP contribution in [0.5, 0.6) is 0 Å². The molecule has 0 aromatic heterocycles. The Morgan fingerprint density at radius 2 is 2.09 bits per heavy atom. The average molecular weight is 150 g/mol. The minimum atomic E-state index is -0.135. The molecule has 1 aromatic rings. The number of hydrogen-bond acceptors (Lipinski definition) is 3. The van der Waals surface area contributed by atoms with Gasteiger partial charge in [-0.3, -0.25) is 0 Å². The van der Waals surface area contributed by atoms with E-state index >= 15 is 0 Å². The van der Waals surface area contributed by atoms with Crippen LogP contribution in [0, 0.1) is 4.91 Å². The smallest absolute Gasteiger partial charge is 0.112 e. The molecule has 0 heterocycles. The van der Waals surface area contributed by atoms with Crippen molar-refractivity contribution in [2.24, 2.45) is 10.9 Å². The van der Waals surface area contributed by atoms with E-state index in [-0.39, 0.29) is 6.04 Å². The summed E-state index contributed by atoms with van der Waals surface area (Å²) >= 11 is 0. The Morgan fingerprint density at radius 1 is 1.45 bits per heavy atom. The number of nitrogens with zero attached hydrogens (tertiary/aromatic N) is 1. The molecule has 0 saturated heterocycles. The van der Waals surface area contributed by atoms with Crippen molar-refractivity contribution in [3.05, 3.63) is 34.7 Å². The first-order valence-electron chi connectivity index (χ1n) is 3.43. The van der Waals surface area contributed by atoms with Gasteiger partial charge in [0.15, 0.2) is 0 Å². The fourth-order valence-corrected chi connectivity index (χ4v) is 0.956. The number of rotatable bonds is 2. The fourth-order valence-electron chi connectivity index (χ4n) is 0.956. The second kappa shape index (κ2) is 3.25. The van der Waals surface area contributed by atoms with E-state index in [1.807, 2.05) is 13.0 Å². The van der Waals surface area contributed by atoms with Gasteiger partial charge in [-0.1, -0.05) is 18.2 Å². The van der Waals surface area contributed by atoms with Gasteiger partial charge in [-0.25, -0.2) is 0 Å². The first-order valence-corrected chi connectivity index (χ1v) is 3.43. The van der Waals surface area contributed by atoms with Crippen LogP contribution in [0.15, 0.2) is 29.4 Å². The van der Waals surface area contributed by atoms with Crippen LogP contribution in [-0.4, -0.2) is 0 Å². The summed E-state index contributed by atoms with van der Waals surface area (Å²) in [5.74, 6) is 0. The number of nitroso groups, excluding NO2 is 1. The Morgan fingerprint density at radius 3 is 2.55 bits per heavy atom. The summed E-state index contributed by atoms with van der Waals surface area (Å²) < 4.78 is 0. The molecule has 1 rings (SSSR count). The highest BCUT2D eigenvalue weighted by Gasteiger charge is 2.04.